The number of ether oxygens (including phenoxy) is 1. The molecule has 2 heterocycles. The number of urea groups is 1. The maximum atomic E-state index is 12.7. The van der Waals surface area contributed by atoms with Crippen LogP contribution in [0.15, 0.2) is 39.4 Å². The second kappa shape index (κ2) is 8.11. The van der Waals surface area contributed by atoms with E-state index in [-0.39, 0.29) is 23.7 Å². The number of alkyl halides is 2. The number of allylic oxidation sites excluding steroid dienone is 1. The van der Waals surface area contributed by atoms with Gasteiger partial charge in [-0.05, 0) is 40.2 Å². The Balaban J connectivity index is 1.94. The van der Waals surface area contributed by atoms with Crippen molar-refractivity contribution in [1.82, 2.24) is 9.88 Å². The number of aliphatic imine (C=N–C) groups is 1. The van der Waals surface area contributed by atoms with Crippen molar-refractivity contribution >= 4 is 56.1 Å². The van der Waals surface area contributed by atoms with Gasteiger partial charge in [0.2, 0.25) is 0 Å². The Morgan fingerprint density at radius 3 is 2.96 bits per heavy atom. The summed E-state index contributed by atoms with van der Waals surface area (Å²) >= 11 is 10.4. The largest absolute Gasteiger partial charge is 0.434 e. The average molecular weight is 464 g/mol. The van der Waals surface area contributed by atoms with Crippen LogP contribution >= 0.6 is 38.9 Å². The predicted octanol–water partition coefficient (Wildman–Crippen LogP) is 5.22. The van der Waals surface area contributed by atoms with Crippen molar-refractivity contribution in [1.29, 1.82) is 0 Å². The van der Waals surface area contributed by atoms with E-state index < -0.39 is 12.6 Å². The van der Waals surface area contributed by atoms with E-state index in [1.54, 1.807) is 18.5 Å². The molecule has 1 aliphatic rings. The van der Waals surface area contributed by atoms with Gasteiger partial charge in [0.25, 0.3) is 0 Å². The van der Waals surface area contributed by atoms with Gasteiger partial charge in [-0.25, -0.2) is 9.78 Å². The van der Waals surface area contributed by atoms with Gasteiger partial charge in [-0.1, -0.05) is 22.9 Å². The fourth-order valence-electron chi connectivity index (χ4n) is 2.13. The van der Waals surface area contributed by atoms with Gasteiger partial charge in [0.05, 0.1) is 0 Å². The van der Waals surface area contributed by atoms with E-state index >= 15 is 0 Å². The molecule has 2 amide bonds. The van der Waals surface area contributed by atoms with Crippen LogP contribution in [0.1, 0.15) is 0 Å². The fraction of sp³-hybridized carbons (Fsp3) is 0.133. The van der Waals surface area contributed by atoms with E-state index in [2.05, 4.69) is 36.0 Å². The first-order valence-corrected chi connectivity index (χ1v) is 9.08. The molecule has 1 aliphatic heterocycles. The van der Waals surface area contributed by atoms with Crippen LogP contribution in [-0.4, -0.2) is 35.4 Å². The van der Waals surface area contributed by atoms with Gasteiger partial charge in [0.1, 0.15) is 23.1 Å². The number of anilines is 1. The molecule has 1 aromatic carbocycles. The molecule has 0 radical (unpaired) electrons. The van der Waals surface area contributed by atoms with Crippen molar-refractivity contribution in [3.63, 3.8) is 0 Å². The zero-order valence-corrected chi connectivity index (χ0v) is 16.0. The number of nitrogens with one attached hydrogen (secondary N) is 1. The number of halogens is 4. The molecule has 1 aromatic heterocycles. The summed E-state index contributed by atoms with van der Waals surface area (Å²) in [6.07, 6.45) is 4.78. The number of thiazole rings is 1. The molecule has 6 nitrogen and oxygen atoms in total. The lowest BCUT2D eigenvalue weighted by atomic mass is 10.1. The third-order valence-corrected chi connectivity index (χ3v) is 4.84. The SMILES string of the molecule is O=C(Nc1sc(Br)nc1-c1cc(Cl)ccc1OC(F)F)N1C=CC=NC1. The van der Waals surface area contributed by atoms with Gasteiger partial charge >= 0.3 is 12.6 Å². The second-order valence-electron chi connectivity index (χ2n) is 4.88. The molecule has 0 unspecified atom stereocenters. The lowest BCUT2D eigenvalue weighted by molar-refractivity contribution is -0.0494. The van der Waals surface area contributed by atoms with Crippen LogP contribution < -0.4 is 10.1 Å². The Morgan fingerprint density at radius 2 is 2.27 bits per heavy atom. The third-order valence-electron chi connectivity index (χ3n) is 3.19. The quantitative estimate of drug-likeness (QED) is 0.676. The first-order chi connectivity index (χ1) is 12.4. The van der Waals surface area contributed by atoms with Gasteiger partial charge in [-0.3, -0.25) is 15.2 Å². The summed E-state index contributed by atoms with van der Waals surface area (Å²) in [4.78, 5) is 22.0. The number of hydrogen-bond donors (Lipinski definition) is 1. The van der Waals surface area contributed by atoms with Crippen molar-refractivity contribution < 1.29 is 18.3 Å². The Labute approximate surface area is 164 Å². The number of rotatable bonds is 4. The molecule has 1 N–H and O–H groups in total. The van der Waals surface area contributed by atoms with Crippen LogP contribution in [0, 0.1) is 0 Å². The highest BCUT2D eigenvalue weighted by Gasteiger charge is 2.21. The van der Waals surface area contributed by atoms with E-state index in [1.807, 2.05) is 0 Å². The number of amides is 2. The monoisotopic (exact) mass is 462 g/mol. The van der Waals surface area contributed by atoms with Gasteiger partial charge < -0.3 is 4.74 Å². The first kappa shape index (κ1) is 18.7. The van der Waals surface area contributed by atoms with E-state index in [1.165, 1.54) is 23.1 Å². The highest BCUT2D eigenvalue weighted by Crippen LogP contribution is 2.41. The smallest absolute Gasteiger partial charge is 0.387 e. The summed E-state index contributed by atoms with van der Waals surface area (Å²) in [5.41, 5.74) is 0.500. The molecule has 0 aliphatic carbocycles. The number of carbonyl (C=O) groups is 1. The first-order valence-electron chi connectivity index (χ1n) is 7.09. The van der Waals surface area contributed by atoms with Crippen molar-refractivity contribution in [2.75, 3.05) is 12.0 Å². The average Bonchev–Trinajstić information content (AvgIpc) is 2.97. The lowest BCUT2D eigenvalue weighted by Crippen LogP contribution is -2.31. The van der Waals surface area contributed by atoms with E-state index in [0.717, 1.165) is 11.3 Å². The molecular formula is C15H10BrClF2N4O2S. The standard InChI is InChI=1S/C15H10BrClF2N4O2S/c16-13-21-11(9-6-8(17)2-3-10(9)25-14(18)19)12(26-13)22-15(24)23-5-1-4-20-7-23/h1-6,14H,7H2,(H,22,24). The summed E-state index contributed by atoms with van der Waals surface area (Å²) in [7, 11) is 0. The molecule has 2 aromatic rings. The molecule has 11 heteroatoms. The molecule has 0 spiro atoms. The van der Waals surface area contributed by atoms with Crippen LogP contribution in [0.3, 0.4) is 0 Å². The minimum absolute atomic E-state index is 0.0971. The molecule has 0 saturated carbocycles. The van der Waals surface area contributed by atoms with E-state index in [9.17, 15) is 13.6 Å². The van der Waals surface area contributed by atoms with Gasteiger partial charge in [0.15, 0.2) is 3.92 Å². The number of nitrogens with zero attached hydrogens (tertiary/aromatic N) is 3. The highest BCUT2D eigenvalue weighted by atomic mass is 79.9. The highest BCUT2D eigenvalue weighted by molar-refractivity contribution is 9.11. The summed E-state index contributed by atoms with van der Waals surface area (Å²) < 4.78 is 30.4. The molecule has 0 fully saturated rings. The molecule has 3 rings (SSSR count). The predicted molar refractivity (Wildman–Crippen MR) is 100 cm³/mol. The zero-order valence-electron chi connectivity index (χ0n) is 12.8. The van der Waals surface area contributed by atoms with Gasteiger partial charge in [-0.2, -0.15) is 8.78 Å². The Morgan fingerprint density at radius 1 is 1.46 bits per heavy atom. The number of benzene rings is 1. The zero-order chi connectivity index (χ0) is 18.7. The van der Waals surface area contributed by atoms with Crippen molar-refractivity contribution in [3.8, 4) is 17.0 Å². The third kappa shape index (κ3) is 4.37. The van der Waals surface area contributed by atoms with Crippen LogP contribution in [0.5, 0.6) is 5.75 Å². The normalized spacial score (nSPS) is 13.3. The topological polar surface area (TPSA) is 66.8 Å². The van der Waals surface area contributed by atoms with Crippen LogP contribution in [0.25, 0.3) is 11.3 Å². The van der Waals surface area contributed by atoms with Crippen molar-refractivity contribution in [2.24, 2.45) is 4.99 Å². The molecule has 136 valence electrons. The number of hydrogen-bond acceptors (Lipinski definition) is 5. The maximum Gasteiger partial charge on any atom is 0.387 e. The Kier molecular flexibility index (Phi) is 5.84. The lowest BCUT2D eigenvalue weighted by Gasteiger charge is -2.18. The molecule has 0 atom stereocenters. The van der Waals surface area contributed by atoms with E-state index in [0.29, 0.717) is 13.9 Å². The summed E-state index contributed by atoms with van der Waals surface area (Å²) in [6.45, 7) is -2.83. The number of carbonyl (C=O) groups excluding carboxylic acids is 1. The van der Waals surface area contributed by atoms with Crippen molar-refractivity contribution in [2.45, 2.75) is 6.61 Å². The van der Waals surface area contributed by atoms with E-state index in [4.69, 9.17) is 11.6 Å². The van der Waals surface area contributed by atoms with Gasteiger partial charge in [0, 0.05) is 23.0 Å². The Bertz CT molecular complexity index is 891. The minimum atomic E-state index is -3.01. The summed E-state index contributed by atoms with van der Waals surface area (Å²) in [6, 6.07) is 3.76. The molecule has 0 bridgehead atoms. The van der Waals surface area contributed by atoms with Crippen molar-refractivity contribution in [3.05, 3.63) is 39.4 Å². The van der Waals surface area contributed by atoms with Crippen LogP contribution in [0.4, 0.5) is 18.6 Å². The summed E-state index contributed by atoms with van der Waals surface area (Å²) in [5, 5.41) is 3.37. The fourth-order valence-corrected chi connectivity index (χ4v) is 3.66. The number of aromatic nitrogens is 1. The summed E-state index contributed by atoms with van der Waals surface area (Å²) in [5.74, 6) is -0.0971. The Hall–Kier alpha value is -2.04. The van der Waals surface area contributed by atoms with Crippen LogP contribution in [-0.2, 0) is 0 Å². The van der Waals surface area contributed by atoms with Crippen LogP contribution in [0.2, 0.25) is 5.02 Å². The molecule has 26 heavy (non-hydrogen) atoms. The molecular weight excluding hydrogens is 454 g/mol. The minimum Gasteiger partial charge on any atom is -0.434 e. The molecule has 0 saturated heterocycles. The maximum absolute atomic E-state index is 12.7. The second-order valence-corrected chi connectivity index (χ2v) is 7.59. The van der Waals surface area contributed by atoms with Gasteiger partial charge in [-0.15, -0.1) is 0 Å².